The summed E-state index contributed by atoms with van der Waals surface area (Å²) in [7, 11) is 0. The van der Waals surface area contributed by atoms with E-state index >= 15 is 0 Å². The summed E-state index contributed by atoms with van der Waals surface area (Å²) < 4.78 is 14.2. The van der Waals surface area contributed by atoms with E-state index in [-0.39, 0.29) is 11.7 Å². The van der Waals surface area contributed by atoms with Gasteiger partial charge in [-0.1, -0.05) is 30.5 Å². The van der Waals surface area contributed by atoms with Gasteiger partial charge in [-0.25, -0.2) is 4.39 Å². The molecule has 0 N–H and O–H groups in total. The second-order valence-corrected chi connectivity index (χ2v) is 8.27. The molecule has 2 saturated heterocycles. The quantitative estimate of drug-likeness (QED) is 0.806. The molecular weight excluding hydrogens is 339 g/mol. The van der Waals surface area contributed by atoms with Gasteiger partial charge in [0.2, 0.25) is 5.91 Å². The molecule has 2 atom stereocenters. The van der Waals surface area contributed by atoms with Gasteiger partial charge in [0.1, 0.15) is 5.82 Å². The van der Waals surface area contributed by atoms with Gasteiger partial charge >= 0.3 is 0 Å². The van der Waals surface area contributed by atoms with Crippen molar-refractivity contribution in [1.29, 1.82) is 0 Å². The number of rotatable bonds is 3. The van der Waals surface area contributed by atoms with E-state index in [9.17, 15) is 9.18 Å². The molecule has 136 valence electrons. The lowest BCUT2D eigenvalue weighted by atomic mass is 9.84. The Hall–Kier alpha value is -1.13. The summed E-state index contributed by atoms with van der Waals surface area (Å²) in [6.45, 7) is 3.17. The van der Waals surface area contributed by atoms with Crippen molar-refractivity contribution in [2.75, 3.05) is 19.6 Å². The van der Waals surface area contributed by atoms with Crippen LogP contribution in [0.15, 0.2) is 18.2 Å². The topological polar surface area (TPSA) is 23.6 Å². The summed E-state index contributed by atoms with van der Waals surface area (Å²) in [5.74, 6) is 0.894. The standard InChI is InChI=1S/C20H26ClFN2O/c21-17-8-4-9-18(22)16(17)12-23-10-2-1-5-15-11-24(13-19(15)23)20(25)14-6-3-7-14/h4,8-9,14-15,19H,1-3,5-7,10-13H2/t15-,19+/m0/s1. The number of likely N-dealkylation sites (tertiary alicyclic amines) is 2. The predicted molar refractivity (Wildman–Crippen MR) is 96.9 cm³/mol. The SMILES string of the molecule is O=C(C1CCC1)N1C[C@@H]2CCCCN(Cc3c(F)cccc3Cl)[C@@H]2C1. The van der Waals surface area contributed by atoms with Gasteiger partial charge in [-0.2, -0.15) is 0 Å². The highest BCUT2D eigenvalue weighted by molar-refractivity contribution is 6.31. The minimum Gasteiger partial charge on any atom is -0.341 e. The summed E-state index contributed by atoms with van der Waals surface area (Å²) in [4.78, 5) is 17.1. The van der Waals surface area contributed by atoms with Crippen LogP contribution in [0, 0.1) is 17.7 Å². The van der Waals surface area contributed by atoms with Crippen molar-refractivity contribution in [3.05, 3.63) is 34.6 Å². The van der Waals surface area contributed by atoms with E-state index in [2.05, 4.69) is 9.80 Å². The van der Waals surface area contributed by atoms with Crippen molar-refractivity contribution >= 4 is 17.5 Å². The van der Waals surface area contributed by atoms with E-state index in [1.54, 1.807) is 12.1 Å². The summed E-state index contributed by atoms with van der Waals surface area (Å²) in [5.41, 5.74) is 0.591. The van der Waals surface area contributed by atoms with Gasteiger partial charge in [-0.15, -0.1) is 0 Å². The van der Waals surface area contributed by atoms with E-state index in [0.717, 1.165) is 38.9 Å². The van der Waals surface area contributed by atoms with E-state index < -0.39 is 0 Å². The lowest BCUT2D eigenvalue weighted by molar-refractivity contribution is -0.137. The average molecular weight is 365 g/mol. The number of benzene rings is 1. The van der Waals surface area contributed by atoms with Crippen LogP contribution in [-0.2, 0) is 11.3 Å². The zero-order chi connectivity index (χ0) is 17.4. The molecule has 1 aromatic rings. The minimum atomic E-state index is -0.228. The van der Waals surface area contributed by atoms with E-state index in [1.165, 1.54) is 25.3 Å². The van der Waals surface area contributed by atoms with Crippen LogP contribution in [-0.4, -0.2) is 41.4 Å². The first-order valence-corrected chi connectivity index (χ1v) is 9.97. The third kappa shape index (κ3) is 3.43. The molecule has 0 radical (unpaired) electrons. The fraction of sp³-hybridized carbons (Fsp3) is 0.650. The van der Waals surface area contributed by atoms with Crippen molar-refractivity contribution in [2.45, 2.75) is 51.1 Å². The summed E-state index contributed by atoms with van der Waals surface area (Å²) in [5, 5.41) is 0.501. The molecule has 2 aliphatic heterocycles. The molecule has 4 rings (SSSR count). The van der Waals surface area contributed by atoms with Crippen molar-refractivity contribution in [1.82, 2.24) is 9.80 Å². The molecule has 1 amide bonds. The van der Waals surface area contributed by atoms with Crippen LogP contribution in [0.5, 0.6) is 0 Å². The van der Waals surface area contributed by atoms with Gasteiger partial charge in [0, 0.05) is 42.2 Å². The number of halogens is 2. The molecule has 1 aromatic carbocycles. The third-order valence-electron chi connectivity index (χ3n) is 6.33. The van der Waals surface area contributed by atoms with Gasteiger partial charge < -0.3 is 4.90 Å². The van der Waals surface area contributed by atoms with Gasteiger partial charge in [0.15, 0.2) is 0 Å². The summed E-state index contributed by atoms with van der Waals surface area (Å²) in [6.07, 6.45) is 6.79. The highest BCUT2D eigenvalue weighted by atomic mass is 35.5. The van der Waals surface area contributed by atoms with E-state index in [1.807, 2.05) is 0 Å². The first-order chi connectivity index (χ1) is 12.1. The normalized spacial score (nSPS) is 27.7. The van der Waals surface area contributed by atoms with Crippen LogP contribution in [0.3, 0.4) is 0 Å². The van der Waals surface area contributed by atoms with Gasteiger partial charge in [0.05, 0.1) is 0 Å². The Kier molecular flexibility index (Phi) is 5.01. The minimum absolute atomic E-state index is 0.228. The molecule has 2 heterocycles. The van der Waals surface area contributed by atoms with Crippen molar-refractivity contribution in [3.8, 4) is 0 Å². The number of carbonyl (C=O) groups is 1. The Labute approximate surface area is 154 Å². The van der Waals surface area contributed by atoms with Crippen LogP contribution in [0.4, 0.5) is 4.39 Å². The predicted octanol–water partition coefficient (Wildman–Crippen LogP) is 4.09. The monoisotopic (exact) mass is 364 g/mol. The molecule has 0 spiro atoms. The van der Waals surface area contributed by atoms with Crippen LogP contribution in [0.1, 0.15) is 44.1 Å². The number of nitrogens with zero attached hydrogens (tertiary/aromatic N) is 2. The van der Waals surface area contributed by atoms with Crippen LogP contribution in [0.25, 0.3) is 0 Å². The second-order valence-electron chi connectivity index (χ2n) is 7.86. The molecule has 0 unspecified atom stereocenters. The van der Waals surface area contributed by atoms with Crippen LogP contribution < -0.4 is 0 Å². The average Bonchev–Trinajstić information content (AvgIpc) is 2.87. The number of fused-ring (bicyclic) bond motifs is 1. The molecule has 0 aromatic heterocycles. The van der Waals surface area contributed by atoms with E-state index in [4.69, 9.17) is 11.6 Å². The lowest BCUT2D eigenvalue weighted by Crippen LogP contribution is -2.42. The van der Waals surface area contributed by atoms with Crippen LogP contribution >= 0.6 is 11.6 Å². The smallest absolute Gasteiger partial charge is 0.225 e. The molecule has 5 heteroatoms. The highest BCUT2D eigenvalue weighted by Crippen LogP contribution is 2.35. The summed E-state index contributed by atoms with van der Waals surface area (Å²) >= 11 is 6.25. The number of carbonyl (C=O) groups excluding carboxylic acids is 1. The molecule has 1 aliphatic carbocycles. The van der Waals surface area contributed by atoms with Crippen LogP contribution in [0.2, 0.25) is 5.02 Å². The number of hydrogen-bond donors (Lipinski definition) is 0. The molecule has 3 aliphatic rings. The number of amides is 1. The first kappa shape index (κ1) is 17.3. The van der Waals surface area contributed by atoms with Crippen molar-refractivity contribution in [3.63, 3.8) is 0 Å². The summed E-state index contributed by atoms with van der Waals surface area (Å²) in [6, 6.07) is 5.23. The highest BCUT2D eigenvalue weighted by Gasteiger charge is 2.42. The van der Waals surface area contributed by atoms with Crippen molar-refractivity contribution in [2.24, 2.45) is 11.8 Å². The molecule has 1 saturated carbocycles. The molecule has 25 heavy (non-hydrogen) atoms. The fourth-order valence-corrected chi connectivity index (χ4v) is 4.84. The molecular formula is C20H26ClFN2O. The third-order valence-corrected chi connectivity index (χ3v) is 6.69. The lowest BCUT2D eigenvalue weighted by Gasteiger charge is -2.31. The van der Waals surface area contributed by atoms with Gasteiger partial charge in [0.25, 0.3) is 0 Å². The maximum Gasteiger partial charge on any atom is 0.225 e. The van der Waals surface area contributed by atoms with E-state index in [0.29, 0.717) is 35.0 Å². The Morgan fingerprint density at radius 2 is 2.00 bits per heavy atom. The number of hydrogen-bond acceptors (Lipinski definition) is 2. The second kappa shape index (κ2) is 7.24. The largest absolute Gasteiger partial charge is 0.341 e. The Bertz CT molecular complexity index is 628. The Balaban J connectivity index is 1.50. The molecule has 3 fully saturated rings. The van der Waals surface area contributed by atoms with Gasteiger partial charge in [-0.05, 0) is 50.3 Å². The maximum atomic E-state index is 14.2. The van der Waals surface area contributed by atoms with Crippen molar-refractivity contribution < 1.29 is 9.18 Å². The zero-order valence-electron chi connectivity index (χ0n) is 14.6. The fourth-order valence-electron chi connectivity index (χ4n) is 4.61. The maximum absolute atomic E-state index is 14.2. The molecule has 3 nitrogen and oxygen atoms in total. The Morgan fingerprint density at radius 1 is 1.16 bits per heavy atom. The first-order valence-electron chi connectivity index (χ1n) is 9.59. The Morgan fingerprint density at radius 3 is 2.72 bits per heavy atom. The van der Waals surface area contributed by atoms with Gasteiger partial charge in [-0.3, -0.25) is 9.69 Å². The zero-order valence-corrected chi connectivity index (χ0v) is 15.3. The molecule has 0 bridgehead atoms.